The fourth-order valence-electron chi connectivity index (χ4n) is 1.51. The fourth-order valence-corrected chi connectivity index (χ4v) is 1.51. The van der Waals surface area contributed by atoms with Gasteiger partial charge in [-0.25, -0.2) is 4.79 Å². The number of benzene rings is 1. The first-order valence-electron chi connectivity index (χ1n) is 6.13. The largest absolute Gasteiger partial charge is 0.497 e. The van der Waals surface area contributed by atoms with Crippen molar-refractivity contribution < 1.29 is 24.5 Å². The van der Waals surface area contributed by atoms with Gasteiger partial charge in [-0.05, 0) is 44.0 Å². The molecule has 106 valence electrons. The summed E-state index contributed by atoms with van der Waals surface area (Å²) in [5.74, 6) is 0.266. The second kappa shape index (κ2) is 7.11. The Morgan fingerprint density at radius 3 is 2.47 bits per heavy atom. The maximum absolute atomic E-state index is 11.7. The van der Waals surface area contributed by atoms with Gasteiger partial charge in [0, 0.05) is 0 Å². The van der Waals surface area contributed by atoms with Gasteiger partial charge < -0.3 is 19.7 Å². The highest BCUT2D eigenvalue weighted by Gasteiger charge is 2.18. The van der Waals surface area contributed by atoms with Gasteiger partial charge in [0.2, 0.25) is 0 Å². The molecule has 0 fully saturated rings. The molecular formula is C14H20O5. The zero-order chi connectivity index (χ0) is 14.3. The molecule has 0 aliphatic rings. The van der Waals surface area contributed by atoms with Gasteiger partial charge >= 0.3 is 5.97 Å². The molecule has 0 aliphatic carbocycles. The molecule has 0 amide bonds. The van der Waals surface area contributed by atoms with Crippen LogP contribution in [-0.4, -0.2) is 42.1 Å². The number of ether oxygens (including phenoxy) is 2. The fraction of sp³-hybridized carbons (Fsp3) is 0.500. The van der Waals surface area contributed by atoms with Crippen LogP contribution in [0.15, 0.2) is 24.3 Å². The van der Waals surface area contributed by atoms with Gasteiger partial charge in [-0.15, -0.1) is 0 Å². The third-order valence-corrected chi connectivity index (χ3v) is 2.76. The van der Waals surface area contributed by atoms with Gasteiger partial charge in [0.15, 0.2) is 0 Å². The molecule has 1 atom stereocenters. The Kier molecular flexibility index (Phi) is 5.79. The van der Waals surface area contributed by atoms with E-state index in [1.54, 1.807) is 31.4 Å². The van der Waals surface area contributed by atoms with E-state index in [4.69, 9.17) is 14.6 Å². The van der Waals surface area contributed by atoms with Gasteiger partial charge in [0.1, 0.15) is 5.75 Å². The standard InChI is InChI=1S/C14H20O5/c1-14(17,10-15)8-3-9-19-13(16)11-4-6-12(18-2)7-5-11/h4-7,15,17H,3,8-10H2,1-2H3/t14-/m1/s1. The summed E-state index contributed by atoms with van der Waals surface area (Å²) in [6.45, 7) is 1.44. The molecule has 0 aliphatic heterocycles. The van der Waals surface area contributed by atoms with Crippen molar-refractivity contribution in [1.29, 1.82) is 0 Å². The van der Waals surface area contributed by atoms with Crippen LogP contribution in [0.1, 0.15) is 30.1 Å². The highest BCUT2D eigenvalue weighted by atomic mass is 16.5. The summed E-state index contributed by atoms with van der Waals surface area (Å²) in [4.78, 5) is 11.7. The van der Waals surface area contributed by atoms with Gasteiger partial charge in [0.25, 0.3) is 0 Å². The SMILES string of the molecule is COc1ccc(C(=O)OCCC[C@@](C)(O)CO)cc1. The van der Waals surface area contributed by atoms with Gasteiger partial charge in [0.05, 0.1) is 31.5 Å². The van der Waals surface area contributed by atoms with E-state index in [0.717, 1.165) is 0 Å². The van der Waals surface area contributed by atoms with Gasteiger partial charge in [-0.2, -0.15) is 0 Å². The number of hydrogen-bond donors (Lipinski definition) is 2. The Balaban J connectivity index is 2.35. The van der Waals surface area contributed by atoms with Crippen molar-refractivity contribution in [3.05, 3.63) is 29.8 Å². The lowest BCUT2D eigenvalue weighted by atomic mass is 10.0. The number of esters is 1. The Bertz CT molecular complexity index is 397. The Morgan fingerprint density at radius 1 is 1.32 bits per heavy atom. The van der Waals surface area contributed by atoms with E-state index in [1.807, 2.05) is 0 Å². The molecule has 1 rings (SSSR count). The maximum atomic E-state index is 11.7. The number of carbonyl (C=O) groups excluding carboxylic acids is 1. The van der Waals surface area contributed by atoms with Crippen molar-refractivity contribution in [1.82, 2.24) is 0 Å². The third kappa shape index (κ3) is 5.28. The van der Waals surface area contributed by atoms with E-state index >= 15 is 0 Å². The Morgan fingerprint density at radius 2 is 1.95 bits per heavy atom. The van der Waals surface area contributed by atoms with Crippen LogP contribution in [0, 0.1) is 0 Å². The Labute approximate surface area is 112 Å². The molecule has 2 N–H and O–H groups in total. The Hall–Kier alpha value is -1.59. The monoisotopic (exact) mass is 268 g/mol. The van der Waals surface area contributed by atoms with E-state index in [9.17, 15) is 9.90 Å². The molecule has 0 saturated heterocycles. The van der Waals surface area contributed by atoms with Crippen LogP contribution in [0.25, 0.3) is 0 Å². The van der Waals surface area contributed by atoms with Crippen molar-refractivity contribution in [2.75, 3.05) is 20.3 Å². The van der Waals surface area contributed by atoms with Crippen molar-refractivity contribution in [3.8, 4) is 5.75 Å². The topological polar surface area (TPSA) is 76.0 Å². The first kappa shape index (κ1) is 15.5. The highest BCUT2D eigenvalue weighted by molar-refractivity contribution is 5.89. The molecule has 19 heavy (non-hydrogen) atoms. The first-order chi connectivity index (χ1) is 8.98. The summed E-state index contributed by atoms with van der Waals surface area (Å²) in [5, 5.41) is 18.4. The molecule has 0 unspecified atom stereocenters. The molecule has 1 aromatic rings. The lowest BCUT2D eigenvalue weighted by Gasteiger charge is -2.19. The van der Waals surface area contributed by atoms with E-state index in [-0.39, 0.29) is 13.2 Å². The molecule has 1 aromatic carbocycles. The number of rotatable bonds is 7. The van der Waals surface area contributed by atoms with Crippen molar-refractivity contribution >= 4 is 5.97 Å². The van der Waals surface area contributed by atoms with E-state index < -0.39 is 11.6 Å². The molecule has 5 heteroatoms. The lowest BCUT2D eigenvalue weighted by molar-refractivity contribution is -0.0115. The molecule has 0 saturated carbocycles. The zero-order valence-electron chi connectivity index (χ0n) is 11.3. The molecule has 0 radical (unpaired) electrons. The maximum Gasteiger partial charge on any atom is 0.338 e. The predicted molar refractivity (Wildman–Crippen MR) is 70.2 cm³/mol. The minimum Gasteiger partial charge on any atom is -0.497 e. The van der Waals surface area contributed by atoms with Gasteiger partial charge in [-0.1, -0.05) is 0 Å². The summed E-state index contributed by atoms with van der Waals surface area (Å²) in [5.41, 5.74) is -0.665. The van der Waals surface area contributed by atoms with Crippen LogP contribution in [0.5, 0.6) is 5.75 Å². The third-order valence-electron chi connectivity index (χ3n) is 2.76. The molecule has 5 nitrogen and oxygen atoms in total. The van der Waals surface area contributed by atoms with Crippen LogP contribution in [0.4, 0.5) is 0 Å². The summed E-state index contributed by atoms with van der Waals surface area (Å²) < 4.78 is 10.1. The summed E-state index contributed by atoms with van der Waals surface area (Å²) >= 11 is 0. The van der Waals surface area contributed by atoms with Gasteiger partial charge in [-0.3, -0.25) is 0 Å². The zero-order valence-corrected chi connectivity index (χ0v) is 11.3. The van der Waals surface area contributed by atoms with Crippen LogP contribution in [0.3, 0.4) is 0 Å². The van der Waals surface area contributed by atoms with E-state index in [2.05, 4.69) is 0 Å². The summed E-state index contributed by atoms with van der Waals surface area (Å²) in [7, 11) is 1.56. The van der Waals surface area contributed by atoms with Crippen LogP contribution >= 0.6 is 0 Å². The number of methoxy groups -OCH3 is 1. The molecular weight excluding hydrogens is 248 g/mol. The minimum atomic E-state index is -1.12. The molecule has 0 spiro atoms. The number of hydrogen-bond acceptors (Lipinski definition) is 5. The normalized spacial score (nSPS) is 13.7. The van der Waals surface area contributed by atoms with Crippen molar-refractivity contribution in [3.63, 3.8) is 0 Å². The average Bonchev–Trinajstić information content (AvgIpc) is 2.43. The first-order valence-corrected chi connectivity index (χ1v) is 6.13. The second-order valence-electron chi connectivity index (χ2n) is 4.62. The van der Waals surface area contributed by atoms with Crippen LogP contribution in [-0.2, 0) is 4.74 Å². The summed E-state index contributed by atoms with van der Waals surface area (Å²) in [6, 6.07) is 6.64. The average molecular weight is 268 g/mol. The quantitative estimate of drug-likeness (QED) is 0.577. The molecule has 0 heterocycles. The molecule has 0 aromatic heterocycles. The second-order valence-corrected chi connectivity index (χ2v) is 4.62. The van der Waals surface area contributed by atoms with Crippen molar-refractivity contribution in [2.45, 2.75) is 25.4 Å². The lowest BCUT2D eigenvalue weighted by Crippen LogP contribution is -2.29. The van der Waals surface area contributed by atoms with Crippen LogP contribution < -0.4 is 4.74 Å². The van der Waals surface area contributed by atoms with E-state index in [0.29, 0.717) is 24.2 Å². The number of aliphatic hydroxyl groups excluding tert-OH is 1. The summed E-state index contributed by atoms with van der Waals surface area (Å²) in [6.07, 6.45) is 0.870. The van der Waals surface area contributed by atoms with Crippen molar-refractivity contribution in [2.24, 2.45) is 0 Å². The van der Waals surface area contributed by atoms with E-state index in [1.165, 1.54) is 6.92 Å². The smallest absolute Gasteiger partial charge is 0.338 e. The highest BCUT2D eigenvalue weighted by Crippen LogP contribution is 2.13. The minimum absolute atomic E-state index is 0.209. The van der Waals surface area contributed by atoms with Crippen LogP contribution in [0.2, 0.25) is 0 Å². The number of carbonyl (C=O) groups is 1. The molecule has 0 bridgehead atoms. The number of aliphatic hydroxyl groups is 2. The predicted octanol–water partition coefficient (Wildman–Crippen LogP) is 1.38.